The molecule has 0 amide bonds. The summed E-state index contributed by atoms with van der Waals surface area (Å²) < 4.78 is 18.3. The predicted molar refractivity (Wildman–Crippen MR) is 63.6 cm³/mol. The highest BCUT2D eigenvalue weighted by molar-refractivity contribution is 6.32. The molecule has 2 aromatic rings. The van der Waals surface area contributed by atoms with Crippen LogP contribution in [0.5, 0.6) is 11.5 Å². The number of benzene rings is 1. The van der Waals surface area contributed by atoms with Gasteiger partial charge in [-0.1, -0.05) is 11.6 Å². The normalized spacial score (nSPS) is 10.3. The van der Waals surface area contributed by atoms with Crippen LogP contribution in [-0.2, 0) is 6.54 Å². The van der Waals surface area contributed by atoms with E-state index in [1.807, 2.05) is 0 Å². The molecule has 17 heavy (non-hydrogen) atoms. The van der Waals surface area contributed by atoms with Gasteiger partial charge < -0.3 is 10.5 Å². The molecule has 1 aromatic heterocycles. The quantitative estimate of drug-likeness (QED) is 0.913. The second-order valence-corrected chi connectivity index (χ2v) is 3.82. The van der Waals surface area contributed by atoms with E-state index in [4.69, 9.17) is 22.1 Å². The van der Waals surface area contributed by atoms with Crippen LogP contribution in [0.1, 0.15) is 5.56 Å². The minimum Gasteiger partial charge on any atom is -0.454 e. The summed E-state index contributed by atoms with van der Waals surface area (Å²) in [4.78, 5) is 3.98. The largest absolute Gasteiger partial charge is 0.454 e. The smallest absolute Gasteiger partial charge is 0.146 e. The van der Waals surface area contributed by atoms with Crippen LogP contribution in [0.4, 0.5) is 4.39 Å². The highest BCUT2D eigenvalue weighted by Crippen LogP contribution is 2.29. The lowest BCUT2D eigenvalue weighted by Gasteiger charge is -2.07. The number of hydrogen-bond acceptors (Lipinski definition) is 3. The average molecular weight is 253 g/mol. The lowest BCUT2D eigenvalue weighted by atomic mass is 10.3. The fourth-order valence-electron chi connectivity index (χ4n) is 1.32. The standard InChI is InChI=1S/C12H10ClFN2O/c13-11-4-9(14)1-2-12(11)17-10-3-8(5-15)6-16-7-10/h1-4,6-7H,5,15H2. The molecule has 0 bridgehead atoms. The van der Waals surface area contributed by atoms with Crippen LogP contribution in [-0.4, -0.2) is 4.98 Å². The van der Waals surface area contributed by atoms with Gasteiger partial charge in [-0.2, -0.15) is 0 Å². The molecule has 1 aromatic carbocycles. The summed E-state index contributed by atoms with van der Waals surface area (Å²) in [6, 6.07) is 5.69. The summed E-state index contributed by atoms with van der Waals surface area (Å²) in [6.45, 7) is 0.376. The van der Waals surface area contributed by atoms with Crippen LogP contribution in [0, 0.1) is 5.82 Å². The fourth-order valence-corrected chi connectivity index (χ4v) is 1.52. The minimum absolute atomic E-state index is 0.211. The van der Waals surface area contributed by atoms with E-state index in [1.54, 1.807) is 18.5 Å². The van der Waals surface area contributed by atoms with E-state index in [9.17, 15) is 4.39 Å². The van der Waals surface area contributed by atoms with Crippen molar-refractivity contribution in [2.24, 2.45) is 5.73 Å². The van der Waals surface area contributed by atoms with Crippen molar-refractivity contribution in [3.05, 3.63) is 53.1 Å². The Hall–Kier alpha value is -1.65. The molecule has 0 saturated carbocycles. The summed E-state index contributed by atoms with van der Waals surface area (Å²) in [5.74, 6) is 0.488. The van der Waals surface area contributed by atoms with Crippen molar-refractivity contribution in [3.8, 4) is 11.5 Å². The van der Waals surface area contributed by atoms with E-state index in [2.05, 4.69) is 4.98 Å². The van der Waals surface area contributed by atoms with Crippen LogP contribution in [0.2, 0.25) is 5.02 Å². The molecule has 0 aliphatic rings. The number of halogens is 2. The van der Waals surface area contributed by atoms with Crippen molar-refractivity contribution in [1.29, 1.82) is 0 Å². The topological polar surface area (TPSA) is 48.1 Å². The average Bonchev–Trinajstić information content (AvgIpc) is 2.33. The molecular formula is C12H10ClFN2O. The lowest BCUT2D eigenvalue weighted by molar-refractivity contribution is 0.477. The van der Waals surface area contributed by atoms with E-state index in [0.29, 0.717) is 18.0 Å². The molecule has 2 rings (SSSR count). The first kappa shape index (κ1) is 11.8. The molecule has 0 fully saturated rings. The van der Waals surface area contributed by atoms with Gasteiger partial charge in [0.2, 0.25) is 0 Å². The zero-order valence-corrected chi connectivity index (χ0v) is 9.62. The lowest BCUT2D eigenvalue weighted by Crippen LogP contribution is -1.97. The van der Waals surface area contributed by atoms with Crippen LogP contribution in [0.25, 0.3) is 0 Å². The van der Waals surface area contributed by atoms with E-state index < -0.39 is 5.82 Å². The van der Waals surface area contributed by atoms with Gasteiger partial charge in [-0.3, -0.25) is 4.98 Å². The Kier molecular flexibility index (Phi) is 3.56. The number of hydrogen-bond donors (Lipinski definition) is 1. The zero-order chi connectivity index (χ0) is 12.3. The van der Waals surface area contributed by atoms with Crippen molar-refractivity contribution in [2.45, 2.75) is 6.54 Å². The summed E-state index contributed by atoms with van der Waals surface area (Å²) in [5, 5.41) is 0.211. The fraction of sp³-hybridized carbons (Fsp3) is 0.0833. The van der Waals surface area contributed by atoms with Crippen molar-refractivity contribution in [1.82, 2.24) is 4.98 Å². The SMILES string of the molecule is NCc1cncc(Oc2ccc(F)cc2Cl)c1. The van der Waals surface area contributed by atoms with Gasteiger partial charge in [-0.25, -0.2) is 4.39 Å². The predicted octanol–water partition coefficient (Wildman–Crippen LogP) is 3.13. The molecular weight excluding hydrogens is 243 g/mol. The third kappa shape index (κ3) is 2.93. The molecule has 2 N–H and O–H groups in total. The van der Waals surface area contributed by atoms with Gasteiger partial charge in [0.05, 0.1) is 11.2 Å². The van der Waals surface area contributed by atoms with Gasteiger partial charge in [0.25, 0.3) is 0 Å². The van der Waals surface area contributed by atoms with E-state index in [-0.39, 0.29) is 5.02 Å². The van der Waals surface area contributed by atoms with Gasteiger partial charge in [-0.05, 0) is 29.8 Å². The molecule has 0 aliphatic carbocycles. The highest BCUT2D eigenvalue weighted by atomic mass is 35.5. The summed E-state index contributed by atoms with van der Waals surface area (Å²) in [5.41, 5.74) is 6.34. The number of aromatic nitrogens is 1. The highest BCUT2D eigenvalue weighted by Gasteiger charge is 2.05. The number of nitrogens with two attached hydrogens (primary N) is 1. The van der Waals surface area contributed by atoms with Crippen LogP contribution >= 0.6 is 11.6 Å². The maximum Gasteiger partial charge on any atom is 0.146 e. The minimum atomic E-state index is -0.406. The third-order valence-electron chi connectivity index (χ3n) is 2.13. The summed E-state index contributed by atoms with van der Waals surface area (Å²) in [6.07, 6.45) is 3.19. The molecule has 0 unspecified atom stereocenters. The Morgan fingerprint density at radius 1 is 1.29 bits per heavy atom. The Bertz CT molecular complexity index is 534. The zero-order valence-electron chi connectivity index (χ0n) is 8.86. The van der Waals surface area contributed by atoms with Crippen molar-refractivity contribution >= 4 is 11.6 Å². The van der Waals surface area contributed by atoms with Gasteiger partial charge >= 0.3 is 0 Å². The summed E-state index contributed by atoms with van der Waals surface area (Å²) in [7, 11) is 0. The number of pyridine rings is 1. The Morgan fingerprint density at radius 3 is 2.82 bits per heavy atom. The molecule has 3 nitrogen and oxygen atoms in total. The van der Waals surface area contributed by atoms with Gasteiger partial charge in [0.1, 0.15) is 17.3 Å². The van der Waals surface area contributed by atoms with Gasteiger partial charge in [0.15, 0.2) is 0 Å². The maximum atomic E-state index is 12.8. The van der Waals surface area contributed by atoms with E-state index in [1.165, 1.54) is 18.2 Å². The van der Waals surface area contributed by atoms with Crippen LogP contribution in [0.3, 0.4) is 0 Å². The molecule has 0 atom stereocenters. The van der Waals surface area contributed by atoms with E-state index >= 15 is 0 Å². The first-order valence-electron chi connectivity index (χ1n) is 4.96. The molecule has 0 saturated heterocycles. The van der Waals surface area contributed by atoms with Crippen molar-refractivity contribution in [3.63, 3.8) is 0 Å². The third-order valence-corrected chi connectivity index (χ3v) is 2.42. The maximum absolute atomic E-state index is 12.8. The molecule has 0 radical (unpaired) electrons. The monoisotopic (exact) mass is 252 g/mol. The molecule has 5 heteroatoms. The number of nitrogens with zero attached hydrogens (tertiary/aromatic N) is 1. The Morgan fingerprint density at radius 2 is 2.12 bits per heavy atom. The second kappa shape index (κ2) is 5.12. The number of ether oxygens (including phenoxy) is 1. The first-order valence-corrected chi connectivity index (χ1v) is 5.34. The molecule has 1 heterocycles. The first-order chi connectivity index (χ1) is 8.19. The van der Waals surface area contributed by atoms with Crippen molar-refractivity contribution in [2.75, 3.05) is 0 Å². The summed E-state index contributed by atoms with van der Waals surface area (Å²) >= 11 is 5.84. The second-order valence-electron chi connectivity index (χ2n) is 3.41. The van der Waals surface area contributed by atoms with Gasteiger partial charge in [-0.15, -0.1) is 0 Å². The van der Waals surface area contributed by atoms with Crippen LogP contribution in [0.15, 0.2) is 36.7 Å². The van der Waals surface area contributed by atoms with Crippen LogP contribution < -0.4 is 10.5 Å². The van der Waals surface area contributed by atoms with Gasteiger partial charge in [0, 0.05) is 12.7 Å². The number of rotatable bonds is 3. The molecule has 0 spiro atoms. The van der Waals surface area contributed by atoms with E-state index in [0.717, 1.165) is 5.56 Å². The molecule has 88 valence electrons. The molecule has 0 aliphatic heterocycles. The Labute approximate surface area is 103 Å². The Balaban J connectivity index is 2.25. The van der Waals surface area contributed by atoms with Crippen molar-refractivity contribution < 1.29 is 9.13 Å².